The Kier molecular flexibility index (Phi) is 11.0. The summed E-state index contributed by atoms with van der Waals surface area (Å²) in [6.45, 7) is 3.91. The zero-order chi connectivity index (χ0) is 34.3. The lowest BCUT2D eigenvalue weighted by molar-refractivity contribution is -0.157. The highest BCUT2D eigenvalue weighted by Crippen LogP contribution is 2.44. The lowest BCUT2D eigenvalue weighted by Crippen LogP contribution is -2.51. The van der Waals surface area contributed by atoms with E-state index in [9.17, 15) is 24.3 Å². The van der Waals surface area contributed by atoms with E-state index in [2.05, 4.69) is 5.32 Å². The molecule has 4 rings (SSSR count). The molecule has 250 valence electrons. The van der Waals surface area contributed by atoms with Crippen molar-refractivity contribution in [3.8, 4) is 28.4 Å². The number of carboxylic acid groups (broad SMARTS) is 1. The van der Waals surface area contributed by atoms with E-state index in [1.54, 1.807) is 32.9 Å². The van der Waals surface area contributed by atoms with Crippen LogP contribution < -0.4 is 19.5 Å². The van der Waals surface area contributed by atoms with Gasteiger partial charge < -0.3 is 39.0 Å². The number of hydrogen-bond acceptors (Lipinski definition) is 9. The average Bonchev–Trinajstić information content (AvgIpc) is 3.35. The first-order chi connectivity index (χ1) is 22.3. The van der Waals surface area contributed by atoms with E-state index in [4.69, 9.17) is 23.7 Å². The molecular weight excluding hydrogens is 608 g/mol. The Bertz CT molecular complexity index is 1560. The van der Waals surface area contributed by atoms with E-state index in [1.165, 1.54) is 21.3 Å². The maximum Gasteiger partial charge on any atom is 0.407 e. The number of rotatable bonds is 13. The molecule has 2 amide bonds. The number of carboxylic acids is 1. The second-order valence-corrected chi connectivity index (χ2v) is 11.9. The summed E-state index contributed by atoms with van der Waals surface area (Å²) in [4.78, 5) is 53.1. The van der Waals surface area contributed by atoms with Gasteiger partial charge in [-0.05, 0) is 43.0 Å². The Morgan fingerprint density at radius 3 is 1.91 bits per heavy atom. The maximum atomic E-state index is 14.0. The number of carbonyl (C=O) groups excluding carboxylic acids is 3. The molecule has 3 aromatic rings. The largest absolute Gasteiger partial charge is 0.496 e. The van der Waals surface area contributed by atoms with Crippen LogP contribution in [0, 0.1) is 0 Å². The summed E-state index contributed by atoms with van der Waals surface area (Å²) >= 11 is 0. The van der Waals surface area contributed by atoms with Crippen molar-refractivity contribution in [1.29, 1.82) is 0 Å². The number of esters is 1. The molecule has 0 saturated heterocycles. The van der Waals surface area contributed by atoms with Crippen molar-refractivity contribution in [2.75, 3.05) is 34.5 Å². The molecule has 3 aromatic carbocycles. The molecule has 2 N–H and O–H groups in total. The summed E-state index contributed by atoms with van der Waals surface area (Å²) in [5.74, 6) is -2.22. The van der Waals surface area contributed by atoms with Gasteiger partial charge in [-0.3, -0.25) is 14.4 Å². The van der Waals surface area contributed by atoms with Crippen molar-refractivity contribution in [2.24, 2.45) is 0 Å². The van der Waals surface area contributed by atoms with Crippen molar-refractivity contribution in [2.45, 2.75) is 51.3 Å². The molecular formula is C35H40N2O10. The van der Waals surface area contributed by atoms with Gasteiger partial charge in [-0.2, -0.15) is 0 Å². The van der Waals surface area contributed by atoms with E-state index >= 15 is 0 Å². The molecule has 0 unspecified atom stereocenters. The third-order valence-electron chi connectivity index (χ3n) is 7.53. The molecule has 1 atom stereocenters. The minimum atomic E-state index is -1.52. The summed E-state index contributed by atoms with van der Waals surface area (Å²) in [5, 5.41) is 12.2. The van der Waals surface area contributed by atoms with E-state index in [0.717, 1.165) is 27.2 Å². The SMILES string of the molecule is COc1cc(OC)c(CN(CC(=O)O)C(=O)[C@H](CC(=O)OC(C)(C)C)NC(=O)OCC2c3ccccc3-c3ccccc32)c(OC)c1. The quantitative estimate of drug-likeness (QED) is 0.248. The highest BCUT2D eigenvalue weighted by atomic mass is 16.6. The number of methoxy groups -OCH3 is 3. The summed E-state index contributed by atoms with van der Waals surface area (Å²) in [7, 11) is 4.28. The second kappa shape index (κ2) is 14.9. The van der Waals surface area contributed by atoms with Crippen LogP contribution in [0.2, 0.25) is 0 Å². The number of aliphatic carboxylic acids is 1. The molecule has 0 fully saturated rings. The number of ether oxygens (including phenoxy) is 5. The molecule has 1 aliphatic rings. The predicted octanol–water partition coefficient (Wildman–Crippen LogP) is 4.76. The van der Waals surface area contributed by atoms with Gasteiger partial charge in [0.15, 0.2) is 0 Å². The number of carbonyl (C=O) groups is 4. The first-order valence-electron chi connectivity index (χ1n) is 15.0. The Hall–Kier alpha value is -5.26. The van der Waals surface area contributed by atoms with Crippen molar-refractivity contribution in [3.05, 3.63) is 77.4 Å². The third kappa shape index (κ3) is 8.51. The standard InChI is InChI=1S/C35H40N2O10/c1-35(2,3)47-32(40)17-28(33(41)37(19-31(38)39)18-26-29(44-5)15-21(43-4)16-30(26)45-6)36-34(42)46-20-27-24-13-9-7-11-22(24)23-12-8-10-14-25(23)27/h7-16,27-28H,17-20H2,1-6H3,(H,36,42)(H,38,39)/t28-/m0/s1. The number of benzene rings is 3. The zero-order valence-corrected chi connectivity index (χ0v) is 27.3. The molecule has 0 spiro atoms. The predicted molar refractivity (Wildman–Crippen MR) is 172 cm³/mol. The van der Waals surface area contributed by atoms with Crippen molar-refractivity contribution >= 4 is 23.9 Å². The fourth-order valence-corrected chi connectivity index (χ4v) is 5.55. The van der Waals surface area contributed by atoms with Crippen LogP contribution in [0.15, 0.2) is 60.7 Å². The first kappa shape index (κ1) is 34.6. The second-order valence-electron chi connectivity index (χ2n) is 11.9. The molecule has 47 heavy (non-hydrogen) atoms. The molecule has 1 aliphatic carbocycles. The van der Waals surface area contributed by atoms with Crippen LogP contribution in [0.25, 0.3) is 11.1 Å². The number of alkyl carbamates (subject to hydrolysis) is 1. The Labute approximate surface area is 273 Å². The van der Waals surface area contributed by atoms with Gasteiger partial charge in [-0.15, -0.1) is 0 Å². The van der Waals surface area contributed by atoms with Gasteiger partial charge in [0, 0.05) is 18.1 Å². The Morgan fingerprint density at radius 1 is 0.872 bits per heavy atom. The fraction of sp³-hybridized carbons (Fsp3) is 0.371. The van der Waals surface area contributed by atoms with Gasteiger partial charge in [-0.1, -0.05) is 48.5 Å². The number of nitrogens with one attached hydrogen (secondary N) is 1. The van der Waals surface area contributed by atoms with Crippen LogP contribution in [0.1, 0.15) is 49.8 Å². The zero-order valence-electron chi connectivity index (χ0n) is 27.3. The number of fused-ring (bicyclic) bond motifs is 3. The van der Waals surface area contributed by atoms with E-state index in [-0.39, 0.29) is 30.6 Å². The average molecular weight is 649 g/mol. The maximum absolute atomic E-state index is 14.0. The van der Waals surface area contributed by atoms with Crippen LogP contribution in [0.4, 0.5) is 4.79 Å². The highest BCUT2D eigenvalue weighted by Gasteiger charge is 2.34. The van der Waals surface area contributed by atoms with E-state index in [1.807, 2.05) is 48.5 Å². The van der Waals surface area contributed by atoms with E-state index < -0.39 is 48.5 Å². The van der Waals surface area contributed by atoms with Gasteiger partial charge in [-0.25, -0.2) is 4.79 Å². The minimum absolute atomic E-state index is 0.0354. The summed E-state index contributed by atoms with van der Waals surface area (Å²) in [6.07, 6.45) is -1.53. The summed E-state index contributed by atoms with van der Waals surface area (Å²) in [6, 6.07) is 17.3. The van der Waals surface area contributed by atoms with E-state index in [0.29, 0.717) is 11.3 Å². The molecule has 0 heterocycles. The van der Waals surface area contributed by atoms with Gasteiger partial charge in [0.05, 0.1) is 39.9 Å². The summed E-state index contributed by atoms with van der Waals surface area (Å²) < 4.78 is 27.3. The topological polar surface area (TPSA) is 150 Å². The molecule has 0 saturated carbocycles. The minimum Gasteiger partial charge on any atom is -0.496 e. The fourth-order valence-electron chi connectivity index (χ4n) is 5.55. The molecule has 0 bridgehead atoms. The number of hydrogen-bond donors (Lipinski definition) is 2. The molecule has 0 aromatic heterocycles. The Morgan fingerprint density at radius 2 is 1.43 bits per heavy atom. The van der Waals surface area contributed by atoms with Gasteiger partial charge >= 0.3 is 18.0 Å². The van der Waals surface area contributed by atoms with Gasteiger partial charge in [0.25, 0.3) is 0 Å². The van der Waals surface area contributed by atoms with Crippen LogP contribution in [-0.4, -0.2) is 80.1 Å². The number of nitrogens with zero attached hydrogens (tertiary/aromatic N) is 1. The smallest absolute Gasteiger partial charge is 0.407 e. The van der Waals surface area contributed by atoms with Crippen molar-refractivity contribution in [3.63, 3.8) is 0 Å². The van der Waals surface area contributed by atoms with Crippen LogP contribution in [0.3, 0.4) is 0 Å². The molecule has 12 heteroatoms. The molecule has 12 nitrogen and oxygen atoms in total. The third-order valence-corrected chi connectivity index (χ3v) is 7.53. The normalized spacial score (nSPS) is 12.6. The summed E-state index contributed by atoms with van der Waals surface area (Å²) in [5.41, 5.74) is 3.56. The molecule has 0 aliphatic heterocycles. The van der Waals surface area contributed by atoms with Crippen molar-refractivity contribution < 1.29 is 48.0 Å². The first-order valence-corrected chi connectivity index (χ1v) is 15.0. The van der Waals surface area contributed by atoms with Crippen LogP contribution >= 0.6 is 0 Å². The lowest BCUT2D eigenvalue weighted by atomic mass is 9.98. The van der Waals surface area contributed by atoms with Crippen LogP contribution in [0.5, 0.6) is 17.2 Å². The van der Waals surface area contributed by atoms with Crippen LogP contribution in [-0.2, 0) is 30.4 Å². The molecule has 0 radical (unpaired) electrons. The highest BCUT2D eigenvalue weighted by molar-refractivity contribution is 5.91. The number of amides is 2. The van der Waals surface area contributed by atoms with Crippen molar-refractivity contribution in [1.82, 2.24) is 10.2 Å². The monoisotopic (exact) mass is 648 g/mol. The Balaban J connectivity index is 1.59. The van der Waals surface area contributed by atoms with Gasteiger partial charge in [0.2, 0.25) is 5.91 Å². The van der Waals surface area contributed by atoms with Gasteiger partial charge in [0.1, 0.15) is 42.0 Å². The lowest BCUT2D eigenvalue weighted by Gasteiger charge is -2.28.